The van der Waals surface area contributed by atoms with E-state index in [2.05, 4.69) is 59.5 Å². The molecule has 2 N–H and O–H groups in total. The van der Waals surface area contributed by atoms with Gasteiger partial charge in [0.2, 0.25) is 0 Å². The Morgan fingerprint density at radius 3 is 2.44 bits per heavy atom. The minimum atomic E-state index is 0.305. The predicted molar refractivity (Wildman–Crippen MR) is 120 cm³/mol. The number of para-hydroxylation sites is 1. The molecule has 4 nitrogen and oxygen atoms in total. The van der Waals surface area contributed by atoms with Gasteiger partial charge in [0.25, 0.3) is 0 Å². The number of aromatic hydroxyl groups is 1. The van der Waals surface area contributed by atoms with E-state index in [1.54, 1.807) is 12.1 Å². The normalized spacial score (nSPS) is 12.6. The standard InChI is InChI=1S/C22H32BrN3O/c1-6-11-18(12-7-2)25-21(26(5)22(24-4)19(23)8-3)16-15-17-13-9-10-14-20(17)27/h8-10,13-14,16,18,25,27H,3-4,6-7,11-12,15H2,1-2,5H3/b21-16-,22-19+. The first kappa shape index (κ1) is 23.0. The molecule has 0 radical (unpaired) electrons. The molecule has 0 saturated heterocycles. The minimum Gasteiger partial charge on any atom is -0.508 e. The van der Waals surface area contributed by atoms with Gasteiger partial charge < -0.3 is 15.3 Å². The van der Waals surface area contributed by atoms with Crippen LogP contribution >= 0.6 is 15.9 Å². The van der Waals surface area contributed by atoms with Crippen molar-refractivity contribution in [2.75, 3.05) is 7.05 Å². The predicted octanol–water partition coefficient (Wildman–Crippen LogP) is 5.72. The van der Waals surface area contributed by atoms with Gasteiger partial charge in [-0.2, -0.15) is 0 Å². The Morgan fingerprint density at radius 2 is 1.93 bits per heavy atom. The first-order chi connectivity index (χ1) is 13.0. The Kier molecular flexibility index (Phi) is 10.6. The summed E-state index contributed by atoms with van der Waals surface area (Å²) in [5.41, 5.74) is 0.882. The van der Waals surface area contributed by atoms with Gasteiger partial charge >= 0.3 is 0 Å². The van der Waals surface area contributed by atoms with Crippen molar-refractivity contribution in [1.29, 1.82) is 0 Å². The fraction of sp³-hybridized carbons (Fsp3) is 0.409. The Hall–Kier alpha value is -2.01. The van der Waals surface area contributed by atoms with Gasteiger partial charge in [-0.05, 0) is 59.6 Å². The molecule has 0 fully saturated rings. The van der Waals surface area contributed by atoms with Crippen LogP contribution in [0.25, 0.3) is 0 Å². The van der Waals surface area contributed by atoms with Crippen LogP contribution in [0.4, 0.5) is 0 Å². The van der Waals surface area contributed by atoms with Gasteiger partial charge in [-0.1, -0.05) is 57.5 Å². The van der Waals surface area contributed by atoms with E-state index in [9.17, 15) is 5.11 Å². The van der Waals surface area contributed by atoms with Crippen LogP contribution in [0.2, 0.25) is 0 Å². The molecule has 1 aromatic rings. The second kappa shape index (κ2) is 12.4. The Bertz CT molecular complexity index is 676. The molecule has 0 amide bonds. The quantitative estimate of drug-likeness (QED) is 0.327. The first-order valence-electron chi connectivity index (χ1n) is 9.44. The Labute approximate surface area is 172 Å². The van der Waals surface area contributed by atoms with E-state index >= 15 is 0 Å². The maximum absolute atomic E-state index is 10.1. The molecule has 0 aliphatic rings. The largest absolute Gasteiger partial charge is 0.508 e. The molecule has 0 bridgehead atoms. The van der Waals surface area contributed by atoms with Crippen LogP contribution in [-0.4, -0.2) is 29.8 Å². The second-order valence-electron chi connectivity index (χ2n) is 6.43. The van der Waals surface area contributed by atoms with E-state index < -0.39 is 0 Å². The number of hydrogen-bond acceptors (Lipinski definition) is 4. The zero-order chi connectivity index (χ0) is 20.2. The first-order valence-corrected chi connectivity index (χ1v) is 10.2. The molecular formula is C22H32BrN3O. The summed E-state index contributed by atoms with van der Waals surface area (Å²) >= 11 is 3.50. The smallest absolute Gasteiger partial charge is 0.147 e. The lowest BCUT2D eigenvalue weighted by Gasteiger charge is -2.29. The summed E-state index contributed by atoms with van der Waals surface area (Å²) < 4.78 is 0.776. The topological polar surface area (TPSA) is 47.9 Å². The molecule has 0 aromatic heterocycles. The van der Waals surface area contributed by atoms with Crippen molar-refractivity contribution in [3.05, 3.63) is 64.7 Å². The van der Waals surface area contributed by atoms with Gasteiger partial charge in [0.05, 0.1) is 4.48 Å². The number of phenols is 1. The molecular weight excluding hydrogens is 402 g/mol. The number of hydrogen-bond donors (Lipinski definition) is 2. The van der Waals surface area contributed by atoms with Gasteiger partial charge in [-0.25, -0.2) is 4.99 Å². The zero-order valence-electron chi connectivity index (χ0n) is 16.7. The van der Waals surface area contributed by atoms with E-state index in [4.69, 9.17) is 0 Å². The molecule has 5 heteroatoms. The Balaban J connectivity index is 3.21. The van der Waals surface area contributed by atoms with Crippen LogP contribution in [-0.2, 0) is 6.42 Å². The summed E-state index contributed by atoms with van der Waals surface area (Å²) in [6.45, 7) is 11.9. The van der Waals surface area contributed by atoms with Crippen molar-refractivity contribution in [2.24, 2.45) is 4.99 Å². The van der Waals surface area contributed by atoms with Crippen molar-refractivity contribution in [1.82, 2.24) is 10.2 Å². The third-order valence-corrected chi connectivity index (χ3v) is 5.03. The van der Waals surface area contributed by atoms with Crippen LogP contribution in [0.1, 0.15) is 45.1 Å². The van der Waals surface area contributed by atoms with Crippen molar-refractivity contribution < 1.29 is 5.11 Å². The highest BCUT2D eigenvalue weighted by Gasteiger charge is 2.15. The molecule has 0 spiro atoms. The van der Waals surface area contributed by atoms with E-state index in [1.165, 1.54) is 0 Å². The number of halogens is 1. The van der Waals surface area contributed by atoms with Crippen LogP contribution in [0, 0.1) is 0 Å². The summed E-state index contributed by atoms with van der Waals surface area (Å²) in [5.74, 6) is 1.93. The maximum atomic E-state index is 10.1. The molecule has 148 valence electrons. The van der Waals surface area contributed by atoms with Gasteiger partial charge in [-0.15, -0.1) is 0 Å². The monoisotopic (exact) mass is 433 g/mol. The number of benzene rings is 1. The highest BCUT2D eigenvalue weighted by molar-refractivity contribution is 9.11. The summed E-state index contributed by atoms with van der Waals surface area (Å²) in [7, 11) is 1.95. The third kappa shape index (κ3) is 7.25. The summed E-state index contributed by atoms with van der Waals surface area (Å²) in [6, 6.07) is 7.78. The molecule has 0 saturated carbocycles. The minimum absolute atomic E-state index is 0.305. The van der Waals surface area contributed by atoms with Crippen molar-refractivity contribution >= 4 is 22.6 Å². The third-order valence-electron chi connectivity index (χ3n) is 4.35. The number of rotatable bonds is 12. The SMILES string of the molecule is C=C/C(Br)=C(/N=C)N(C)/C(=C\Cc1ccccc1O)NC(CCC)CCC. The molecule has 1 aromatic carbocycles. The number of phenolic OH excluding ortho intramolecular Hbond substituents is 1. The molecule has 1 rings (SSSR count). The van der Waals surface area contributed by atoms with Gasteiger partial charge in [0.15, 0.2) is 0 Å². The Morgan fingerprint density at radius 1 is 1.30 bits per heavy atom. The highest BCUT2D eigenvalue weighted by atomic mass is 79.9. The number of nitrogens with zero attached hydrogens (tertiary/aromatic N) is 2. The van der Waals surface area contributed by atoms with E-state index in [1.807, 2.05) is 30.1 Å². The van der Waals surface area contributed by atoms with E-state index in [0.717, 1.165) is 41.6 Å². The number of nitrogens with one attached hydrogen (secondary N) is 1. The molecule has 0 aliphatic heterocycles. The molecule has 0 heterocycles. The fourth-order valence-corrected chi connectivity index (χ4v) is 3.32. The van der Waals surface area contributed by atoms with Crippen LogP contribution in [0.15, 0.2) is 64.1 Å². The zero-order valence-corrected chi connectivity index (χ0v) is 18.3. The highest BCUT2D eigenvalue weighted by Crippen LogP contribution is 2.22. The van der Waals surface area contributed by atoms with E-state index in [-0.39, 0.29) is 0 Å². The lowest BCUT2D eigenvalue weighted by molar-refractivity contribution is 0.394. The summed E-state index contributed by atoms with van der Waals surface area (Å²) in [4.78, 5) is 6.13. The summed E-state index contributed by atoms with van der Waals surface area (Å²) in [5, 5.41) is 13.7. The van der Waals surface area contributed by atoms with Crippen LogP contribution in [0.3, 0.4) is 0 Å². The molecule has 0 unspecified atom stereocenters. The maximum Gasteiger partial charge on any atom is 0.147 e. The summed E-state index contributed by atoms with van der Waals surface area (Å²) in [6.07, 6.45) is 8.83. The lowest BCUT2D eigenvalue weighted by atomic mass is 10.1. The molecule has 0 aliphatic carbocycles. The lowest BCUT2D eigenvalue weighted by Crippen LogP contribution is -2.36. The van der Waals surface area contributed by atoms with Gasteiger partial charge in [-0.3, -0.25) is 0 Å². The number of allylic oxidation sites excluding steroid dienone is 3. The van der Waals surface area contributed by atoms with Crippen LogP contribution in [0.5, 0.6) is 5.75 Å². The second-order valence-corrected chi connectivity index (χ2v) is 7.29. The van der Waals surface area contributed by atoms with Crippen molar-refractivity contribution in [2.45, 2.75) is 52.0 Å². The molecule has 27 heavy (non-hydrogen) atoms. The average Bonchev–Trinajstić information content (AvgIpc) is 2.66. The van der Waals surface area contributed by atoms with Crippen molar-refractivity contribution in [3.63, 3.8) is 0 Å². The number of aliphatic imine (C=N–C) groups is 1. The van der Waals surface area contributed by atoms with Crippen LogP contribution < -0.4 is 5.32 Å². The van der Waals surface area contributed by atoms with Crippen molar-refractivity contribution in [3.8, 4) is 5.75 Å². The van der Waals surface area contributed by atoms with Gasteiger partial charge in [0.1, 0.15) is 17.4 Å². The fourth-order valence-electron chi connectivity index (χ4n) is 2.92. The van der Waals surface area contributed by atoms with E-state index in [0.29, 0.717) is 24.0 Å². The molecule has 0 atom stereocenters. The average molecular weight is 434 g/mol. The van der Waals surface area contributed by atoms with Gasteiger partial charge in [0, 0.05) is 13.1 Å².